The molecule has 54 heavy (non-hydrogen) atoms. The van der Waals surface area contributed by atoms with Crippen molar-refractivity contribution in [3.05, 3.63) is 123 Å². The summed E-state index contributed by atoms with van der Waals surface area (Å²) in [5.74, 6) is 2.94. The van der Waals surface area contributed by atoms with E-state index in [1.807, 2.05) is 74.0 Å². The first-order valence-electron chi connectivity index (χ1n) is 18.2. The fraction of sp³-hybridized carbons (Fsp3) is 0.310. The summed E-state index contributed by atoms with van der Waals surface area (Å²) in [6, 6.07) is 23.3. The highest BCUT2D eigenvalue weighted by Crippen LogP contribution is 2.40. The van der Waals surface area contributed by atoms with Crippen molar-refractivity contribution >= 4 is 40.0 Å². The molecule has 0 fully saturated rings. The molecular weight excluding hydrogens is 717 g/mol. The molecule has 0 spiro atoms. The standard InChI is InChI=1S/C42H44N6O4S2/c1-6-30-13-14-32(40-27(3)43-25-53-40)23-36(30)52-22-21-50-19-10-20-51-34-17-15-31(16-18-34)39-38-26(2)28(4)54-42(38)48-29(5)46-47-41(48)35(45-39)24-37(49)44-33-11-8-7-9-12-33/h7-9,11-18,23,25,35H,6,10,19-22,24H2,1-5H3,(H,44,49)/t35-/m0/s1. The van der Waals surface area contributed by atoms with Crippen LogP contribution in [0.2, 0.25) is 0 Å². The summed E-state index contributed by atoms with van der Waals surface area (Å²) in [6.07, 6.45) is 1.77. The van der Waals surface area contributed by atoms with Gasteiger partial charge in [-0.05, 0) is 93.3 Å². The average Bonchev–Trinajstić information content (AvgIpc) is 3.84. The summed E-state index contributed by atoms with van der Waals surface area (Å²) in [5, 5.41) is 13.0. The highest BCUT2D eigenvalue weighted by atomic mass is 32.1. The molecule has 278 valence electrons. The van der Waals surface area contributed by atoms with Crippen molar-refractivity contribution in [1.82, 2.24) is 19.7 Å². The number of aromatic nitrogens is 4. The quantitative estimate of drug-likeness (QED) is 0.104. The van der Waals surface area contributed by atoms with Gasteiger partial charge in [-0.2, -0.15) is 0 Å². The first kappa shape index (κ1) is 37.2. The molecule has 1 N–H and O–H groups in total. The predicted molar refractivity (Wildman–Crippen MR) is 216 cm³/mol. The maximum atomic E-state index is 13.3. The number of aliphatic imine (C=N–C) groups is 1. The molecular formula is C42H44N6O4S2. The molecule has 1 aliphatic heterocycles. The van der Waals surface area contributed by atoms with Crippen LogP contribution < -0.4 is 14.8 Å². The molecule has 1 atom stereocenters. The topological polar surface area (TPSA) is 113 Å². The van der Waals surface area contributed by atoms with Crippen LogP contribution in [0.4, 0.5) is 5.69 Å². The number of nitrogens with one attached hydrogen (secondary N) is 1. The Balaban J connectivity index is 0.963. The van der Waals surface area contributed by atoms with Gasteiger partial charge < -0.3 is 19.5 Å². The lowest BCUT2D eigenvalue weighted by atomic mass is 9.99. The van der Waals surface area contributed by atoms with Crippen molar-refractivity contribution in [2.24, 2.45) is 4.99 Å². The highest BCUT2D eigenvalue weighted by Gasteiger charge is 2.32. The van der Waals surface area contributed by atoms with Gasteiger partial charge in [-0.3, -0.25) is 14.4 Å². The molecule has 0 saturated heterocycles. The first-order valence-corrected chi connectivity index (χ1v) is 19.9. The molecule has 0 unspecified atom stereocenters. The maximum absolute atomic E-state index is 13.3. The van der Waals surface area contributed by atoms with E-state index in [0.717, 1.165) is 74.5 Å². The van der Waals surface area contributed by atoms with Gasteiger partial charge in [0.05, 0.1) is 41.4 Å². The van der Waals surface area contributed by atoms with Crippen molar-refractivity contribution in [2.45, 2.75) is 59.9 Å². The Morgan fingerprint density at radius 1 is 0.889 bits per heavy atom. The number of fused-ring (bicyclic) bond motifs is 3. The summed E-state index contributed by atoms with van der Waals surface area (Å²) >= 11 is 3.34. The van der Waals surface area contributed by atoms with Gasteiger partial charge in [0.25, 0.3) is 0 Å². The zero-order valence-corrected chi connectivity index (χ0v) is 32.9. The number of para-hydroxylation sites is 1. The third kappa shape index (κ3) is 8.15. The highest BCUT2D eigenvalue weighted by molar-refractivity contribution is 7.15. The van der Waals surface area contributed by atoms with Crippen molar-refractivity contribution in [2.75, 3.05) is 31.7 Å². The van der Waals surface area contributed by atoms with Crippen molar-refractivity contribution in [3.8, 4) is 26.9 Å². The second-order valence-electron chi connectivity index (χ2n) is 13.1. The van der Waals surface area contributed by atoms with E-state index in [2.05, 4.69) is 64.0 Å². The van der Waals surface area contributed by atoms with E-state index in [0.29, 0.717) is 32.3 Å². The minimum atomic E-state index is -0.530. The summed E-state index contributed by atoms with van der Waals surface area (Å²) in [7, 11) is 0. The van der Waals surface area contributed by atoms with Crippen LogP contribution >= 0.6 is 22.7 Å². The van der Waals surface area contributed by atoms with E-state index in [1.165, 1.54) is 15.3 Å². The first-order chi connectivity index (χ1) is 26.3. The average molecular weight is 761 g/mol. The molecule has 6 aromatic rings. The Hall–Kier alpha value is -5.17. The third-order valence-electron chi connectivity index (χ3n) is 9.45. The molecule has 1 aliphatic rings. The maximum Gasteiger partial charge on any atom is 0.227 e. The van der Waals surface area contributed by atoms with Crippen molar-refractivity contribution < 1.29 is 19.0 Å². The number of thiazole rings is 1. The number of thiophene rings is 1. The SMILES string of the molecule is CCc1ccc(-c2scnc2C)cc1OCCOCCCOc1ccc(C2=N[C@@H](CC(=O)Nc3ccccc3)c3nnc(C)n3-c3sc(C)c(C)c32)cc1. The van der Waals surface area contributed by atoms with Crippen LogP contribution in [0, 0.1) is 27.7 Å². The zero-order valence-electron chi connectivity index (χ0n) is 31.2. The molecule has 12 heteroatoms. The number of rotatable bonds is 15. The number of hydrogen-bond donors (Lipinski definition) is 1. The molecule has 3 aromatic heterocycles. The van der Waals surface area contributed by atoms with E-state index < -0.39 is 6.04 Å². The Morgan fingerprint density at radius 2 is 1.69 bits per heavy atom. The van der Waals surface area contributed by atoms with Gasteiger partial charge >= 0.3 is 0 Å². The summed E-state index contributed by atoms with van der Waals surface area (Å²) < 4.78 is 20.2. The van der Waals surface area contributed by atoms with Gasteiger partial charge in [0, 0.05) is 34.7 Å². The molecule has 0 saturated carbocycles. The van der Waals surface area contributed by atoms with Crippen LogP contribution in [-0.2, 0) is 16.0 Å². The largest absolute Gasteiger partial charge is 0.494 e. The van der Waals surface area contributed by atoms with E-state index in [9.17, 15) is 4.79 Å². The van der Waals surface area contributed by atoms with Crippen LogP contribution in [0.25, 0.3) is 15.4 Å². The van der Waals surface area contributed by atoms with E-state index >= 15 is 0 Å². The fourth-order valence-electron chi connectivity index (χ4n) is 6.51. The Labute approximate surface area is 323 Å². The monoisotopic (exact) mass is 760 g/mol. The van der Waals surface area contributed by atoms with E-state index in [-0.39, 0.29) is 12.3 Å². The second-order valence-corrected chi connectivity index (χ2v) is 15.2. The number of anilines is 1. The third-order valence-corrected chi connectivity index (χ3v) is 11.6. The molecule has 1 amide bonds. The molecule has 3 aromatic carbocycles. The molecule has 0 radical (unpaired) electrons. The van der Waals surface area contributed by atoms with Gasteiger partial charge in [0.15, 0.2) is 5.82 Å². The smallest absolute Gasteiger partial charge is 0.227 e. The number of hydrogen-bond acceptors (Lipinski definition) is 10. The Kier molecular flexibility index (Phi) is 11.6. The van der Waals surface area contributed by atoms with Crippen LogP contribution in [0.3, 0.4) is 0 Å². The molecule has 4 heterocycles. The molecule has 0 aliphatic carbocycles. The van der Waals surface area contributed by atoms with E-state index in [1.54, 1.807) is 22.7 Å². The summed E-state index contributed by atoms with van der Waals surface area (Å²) in [6.45, 7) is 12.4. The van der Waals surface area contributed by atoms with Crippen LogP contribution in [0.5, 0.6) is 11.5 Å². The lowest BCUT2D eigenvalue weighted by molar-refractivity contribution is -0.116. The van der Waals surface area contributed by atoms with Gasteiger partial charge in [-0.1, -0.05) is 37.3 Å². The number of carbonyl (C=O) groups excluding carboxylic acids is 1. The number of aryl methyl sites for hydroxylation is 4. The fourth-order valence-corrected chi connectivity index (χ4v) is 8.52. The van der Waals surface area contributed by atoms with Crippen LogP contribution in [0.1, 0.15) is 70.3 Å². The lowest BCUT2D eigenvalue weighted by Gasteiger charge is -2.14. The molecule has 10 nitrogen and oxygen atoms in total. The number of amides is 1. The van der Waals surface area contributed by atoms with Gasteiger partial charge in [0.1, 0.15) is 35.0 Å². The minimum absolute atomic E-state index is 0.124. The van der Waals surface area contributed by atoms with E-state index in [4.69, 9.17) is 19.2 Å². The minimum Gasteiger partial charge on any atom is -0.494 e. The van der Waals surface area contributed by atoms with Crippen LogP contribution in [-0.4, -0.2) is 57.8 Å². The lowest BCUT2D eigenvalue weighted by Crippen LogP contribution is -2.17. The van der Waals surface area contributed by atoms with Gasteiger partial charge in [0.2, 0.25) is 5.91 Å². The predicted octanol–water partition coefficient (Wildman–Crippen LogP) is 9.03. The number of nitrogens with zero attached hydrogens (tertiary/aromatic N) is 5. The number of benzene rings is 3. The van der Waals surface area contributed by atoms with Crippen molar-refractivity contribution in [1.29, 1.82) is 0 Å². The summed E-state index contributed by atoms with van der Waals surface area (Å²) in [4.78, 5) is 25.3. The van der Waals surface area contributed by atoms with Gasteiger partial charge in [-0.25, -0.2) is 4.98 Å². The molecule has 0 bridgehead atoms. The number of ether oxygens (including phenoxy) is 3. The number of carbonyl (C=O) groups is 1. The van der Waals surface area contributed by atoms with Crippen molar-refractivity contribution in [3.63, 3.8) is 0 Å². The zero-order chi connectivity index (χ0) is 37.6. The summed E-state index contributed by atoms with van der Waals surface area (Å²) in [5.41, 5.74) is 9.92. The Bertz CT molecular complexity index is 2260. The van der Waals surface area contributed by atoms with Crippen LogP contribution in [0.15, 0.2) is 83.3 Å². The second kappa shape index (κ2) is 16.9. The van der Waals surface area contributed by atoms with Gasteiger partial charge in [-0.15, -0.1) is 32.9 Å². The normalized spacial score (nSPS) is 13.5. The Morgan fingerprint density at radius 3 is 2.44 bits per heavy atom. The molecule has 7 rings (SSSR count).